The lowest BCUT2D eigenvalue weighted by Crippen LogP contribution is -2.16. The van der Waals surface area contributed by atoms with E-state index in [1.165, 1.54) is 5.56 Å². The molecule has 3 N–H and O–H groups in total. The standard InChI is InChI=1S/C16H22N4O/c1-10-13(17)14(20(5)19-10)18-15(21)11-6-8-12(9-7-11)16(2,3)4/h6-9H,17H2,1-5H3,(H,18,21). The Balaban J connectivity index is 2.21. The normalized spacial score (nSPS) is 11.5. The van der Waals surface area contributed by atoms with Crippen LogP contribution in [-0.4, -0.2) is 15.7 Å². The van der Waals surface area contributed by atoms with E-state index in [4.69, 9.17) is 5.73 Å². The summed E-state index contributed by atoms with van der Waals surface area (Å²) in [5.41, 5.74) is 8.97. The third-order valence-electron chi connectivity index (χ3n) is 3.51. The quantitative estimate of drug-likeness (QED) is 0.891. The van der Waals surface area contributed by atoms with Crippen molar-refractivity contribution in [1.82, 2.24) is 9.78 Å². The molecular formula is C16H22N4O. The highest BCUT2D eigenvalue weighted by atomic mass is 16.1. The van der Waals surface area contributed by atoms with Crippen LogP contribution in [0.5, 0.6) is 0 Å². The van der Waals surface area contributed by atoms with E-state index in [0.29, 0.717) is 22.8 Å². The second kappa shape index (κ2) is 5.24. The number of hydrogen-bond acceptors (Lipinski definition) is 3. The van der Waals surface area contributed by atoms with Gasteiger partial charge in [0.05, 0.1) is 11.4 Å². The van der Waals surface area contributed by atoms with Gasteiger partial charge in [-0.3, -0.25) is 9.48 Å². The maximum Gasteiger partial charge on any atom is 0.256 e. The average Bonchev–Trinajstić information content (AvgIpc) is 2.64. The highest BCUT2D eigenvalue weighted by Gasteiger charge is 2.16. The molecule has 0 aliphatic heterocycles. The molecule has 0 radical (unpaired) electrons. The number of carbonyl (C=O) groups is 1. The highest BCUT2D eigenvalue weighted by molar-refractivity contribution is 6.05. The van der Waals surface area contributed by atoms with Crippen molar-refractivity contribution < 1.29 is 4.79 Å². The molecule has 0 saturated carbocycles. The van der Waals surface area contributed by atoms with Crippen LogP contribution >= 0.6 is 0 Å². The second-order valence-electron chi connectivity index (χ2n) is 6.25. The summed E-state index contributed by atoms with van der Waals surface area (Å²) in [5.74, 6) is 0.336. The first-order valence-electron chi connectivity index (χ1n) is 6.91. The molecule has 0 bridgehead atoms. The number of carbonyl (C=O) groups excluding carboxylic acids is 1. The fourth-order valence-electron chi connectivity index (χ4n) is 2.12. The molecule has 2 aromatic rings. The SMILES string of the molecule is Cc1nn(C)c(NC(=O)c2ccc(C(C)(C)C)cc2)c1N. The van der Waals surface area contributed by atoms with Gasteiger partial charge in [0.25, 0.3) is 5.91 Å². The molecule has 0 aliphatic rings. The van der Waals surface area contributed by atoms with Crippen LogP contribution in [-0.2, 0) is 12.5 Å². The van der Waals surface area contributed by atoms with Gasteiger partial charge in [-0.1, -0.05) is 32.9 Å². The first-order valence-corrected chi connectivity index (χ1v) is 6.91. The number of aromatic nitrogens is 2. The number of nitrogens with zero attached hydrogens (tertiary/aromatic N) is 2. The summed E-state index contributed by atoms with van der Waals surface area (Å²) in [4.78, 5) is 12.3. The van der Waals surface area contributed by atoms with E-state index >= 15 is 0 Å². The van der Waals surface area contributed by atoms with Crippen LogP contribution in [0.25, 0.3) is 0 Å². The van der Waals surface area contributed by atoms with Gasteiger partial charge in [0.2, 0.25) is 0 Å². The van der Waals surface area contributed by atoms with E-state index in [1.54, 1.807) is 11.7 Å². The van der Waals surface area contributed by atoms with Gasteiger partial charge in [-0.2, -0.15) is 5.10 Å². The second-order valence-corrected chi connectivity index (χ2v) is 6.25. The molecular weight excluding hydrogens is 264 g/mol. The van der Waals surface area contributed by atoms with Crippen molar-refractivity contribution in [3.05, 3.63) is 41.1 Å². The van der Waals surface area contributed by atoms with Crippen molar-refractivity contribution in [2.75, 3.05) is 11.1 Å². The lowest BCUT2D eigenvalue weighted by Gasteiger charge is -2.19. The number of aryl methyl sites for hydroxylation is 2. The van der Waals surface area contributed by atoms with Gasteiger partial charge in [-0.15, -0.1) is 0 Å². The van der Waals surface area contributed by atoms with Gasteiger partial charge in [0.1, 0.15) is 0 Å². The van der Waals surface area contributed by atoms with Crippen molar-refractivity contribution in [2.24, 2.45) is 7.05 Å². The molecule has 1 amide bonds. The summed E-state index contributed by atoms with van der Waals surface area (Å²) in [6.07, 6.45) is 0. The number of benzene rings is 1. The fourth-order valence-corrected chi connectivity index (χ4v) is 2.12. The number of rotatable bonds is 2. The minimum atomic E-state index is -0.190. The van der Waals surface area contributed by atoms with Gasteiger partial charge < -0.3 is 11.1 Å². The predicted molar refractivity (Wildman–Crippen MR) is 85.5 cm³/mol. The van der Waals surface area contributed by atoms with E-state index in [-0.39, 0.29) is 11.3 Å². The monoisotopic (exact) mass is 286 g/mol. The van der Waals surface area contributed by atoms with Crippen LogP contribution in [0.4, 0.5) is 11.5 Å². The predicted octanol–water partition coefficient (Wildman–Crippen LogP) is 2.86. The van der Waals surface area contributed by atoms with Gasteiger partial charge in [-0.25, -0.2) is 0 Å². The average molecular weight is 286 g/mol. The topological polar surface area (TPSA) is 72.9 Å². The van der Waals surface area contributed by atoms with E-state index in [0.717, 1.165) is 0 Å². The maximum absolute atomic E-state index is 12.3. The summed E-state index contributed by atoms with van der Waals surface area (Å²) in [6, 6.07) is 7.62. The van der Waals surface area contributed by atoms with Crippen molar-refractivity contribution in [1.29, 1.82) is 0 Å². The number of amides is 1. The highest BCUT2D eigenvalue weighted by Crippen LogP contribution is 2.24. The molecule has 5 heteroatoms. The van der Waals surface area contributed by atoms with Crippen molar-refractivity contribution in [3.63, 3.8) is 0 Å². The zero-order chi connectivity index (χ0) is 15.8. The zero-order valence-electron chi connectivity index (χ0n) is 13.2. The number of anilines is 2. The van der Waals surface area contributed by atoms with Crippen molar-refractivity contribution in [2.45, 2.75) is 33.1 Å². The molecule has 21 heavy (non-hydrogen) atoms. The zero-order valence-corrected chi connectivity index (χ0v) is 13.2. The number of hydrogen-bond donors (Lipinski definition) is 2. The summed E-state index contributed by atoms with van der Waals surface area (Å²) in [6.45, 7) is 8.23. The molecule has 0 aliphatic carbocycles. The van der Waals surface area contributed by atoms with Crippen molar-refractivity contribution in [3.8, 4) is 0 Å². The molecule has 1 heterocycles. The molecule has 0 fully saturated rings. The summed E-state index contributed by atoms with van der Waals surface area (Å²) < 4.78 is 1.58. The van der Waals surface area contributed by atoms with Gasteiger partial charge in [0.15, 0.2) is 5.82 Å². The lowest BCUT2D eigenvalue weighted by molar-refractivity contribution is 0.102. The third-order valence-corrected chi connectivity index (χ3v) is 3.51. The van der Waals surface area contributed by atoms with E-state index in [1.807, 2.05) is 31.2 Å². The Morgan fingerprint density at radius 1 is 1.24 bits per heavy atom. The summed E-state index contributed by atoms with van der Waals surface area (Å²) >= 11 is 0. The number of nitrogens with two attached hydrogens (primary N) is 1. The Kier molecular flexibility index (Phi) is 3.77. The third kappa shape index (κ3) is 3.07. The van der Waals surface area contributed by atoms with Crippen LogP contribution in [0.1, 0.15) is 42.4 Å². The molecule has 0 atom stereocenters. The number of nitrogens with one attached hydrogen (secondary N) is 1. The Morgan fingerprint density at radius 2 is 1.81 bits per heavy atom. The minimum Gasteiger partial charge on any atom is -0.394 e. The lowest BCUT2D eigenvalue weighted by atomic mass is 9.87. The molecule has 0 spiro atoms. The van der Waals surface area contributed by atoms with Crippen LogP contribution in [0.2, 0.25) is 0 Å². The Bertz CT molecular complexity index is 663. The molecule has 112 valence electrons. The number of nitrogen functional groups attached to an aromatic ring is 1. The van der Waals surface area contributed by atoms with Crippen LogP contribution in [0.15, 0.2) is 24.3 Å². The van der Waals surface area contributed by atoms with E-state index < -0.39 is 0 Å². The van der Waals surface area contributed by atoms with Gasteiger partial charge >= 0.3 is 0 Å². The minimum absolute atomic E-state index is 0.0680. The Morgan fingerprint density at radius 3 is 2.24 bits per heavy atom. The Hall–Kier alpha value is -2.30. The van der Waals surface area contributed by atoms with Gasteiger partial charge in [0, 0.05) is 12.6 Å². The van der Waals surface area contributed by atoms with Crippen LogP contribution in [0, 0.1) is 6.92 Å². The molecule has 0 unspecified atom stereocenters. The Labute approximate surface area is 125 Å². The smallest absolute Gasteiger partial charge is 0.256 e. The van der Waals surface area contributed by atoms with Crippen LogP contribution in [0.3, 0.4) is 0 Å². The molecule has 1 aromatic heterocycles. The summed E-state index contributed by atoms with van der Waals surface area (Å²) in [5, 5.41) is 6.99. The van der Waals surface area contributed by atoms with E-state index in [2.05, 4.69) is 31.2 Å². The fraction of sp³-hybridized carbons (Fsp3) is 0.375. The first-order chi connectivity index (χ1) is 9.70. The maximum atomic E-state index is 12.3. The molecule has 0 saturated heterocycles. The largest absolute Gasteiger partial charge is 0.394 e. The van der Waals surface area contributed by atoms with Crippen molar-refractivity contribution >= 4 is 17.4 Å². The van der Waals surface area contributed by atoms with E-state index in [9.17, 15) is 4.79 Å². The molecule has 2 rings (SSSR count). The van der Waals surface area contributed by atoms with Gasteiger partial charge in [-0.05, 0) is 30.0 Å². The first kappa shape index (κ1) is 15.1. The molecule has 5 nitrogen and oxygen atoms in total. The molecule has 1 aromatic carbocycles. The van der Waals surface area contributed by atoms with Crippen LogP contribution < -0.4 is 11.1 Å². The summed E-state index contributed by atoms with van der Waals surface area (Å²) in [7, 11) is 1.75.